The van der Waals surface area contributed by atoms with E-state index < -0.39 is 0 Å². The fraction of sp³-hybridized carbons (Fsp3) is 0.333. The lowest BCUT2D eigenvalue weighted by Crippen LogP contribution is -2.40. The second-order valence-corrected chi connectivity index (χ2v) is 7.87. The molecule has 3 heterocycles. The number of thiophene rings is 1. The zero-order chi connectivity index (χ0) is 19.7. The number of benzene rings is 1. The summed E-state index contributed by atoms with van der Waals surface area (Å²) in [4.78, 5) is 29.5. The summed E-state index contributed by atoms with van der Waals surface area (Å²) in [5, 5.41) is 3.65. The van der Waals surface area contributed by atoms with Gasteiger partial charge in [0.15, 0.2) is 0 Å². The van der Waals surface area contributed by atoms with E-state index in [0.717, 1.165) is 17.4 Å². The van der Waals surface area contributed by atoms with Crippen LogP contribution in [0.2, 0.25) is 0 Å². The van der Waals surface area contributed by atoms with Gasteiger partial charge in [-0.2, -0.15) is 0 Å². The summed E-state index contributed by atoms with van der Waals surface area (Å²) < 4.78 is 11.2. The molecule has 0 aliphatic carbocycles. The van der Waals surface area contributed by atoms with Crippen molar-refractivity contribution in [2.24, 2.45) is 0 Å². The largest absolute Gasteiger partial charge is 0.449 e. The van der Waals surface area contributed by atoms with E-state index in [4.69, 9.17) is 9.15 Å². The van der Waals surface area contributed by atoms with E-state index in [1.807, 2.05) is 31.2 Å². The molecular formula is C21H22N2O4S. The summed E-state index contributed by atoms with van der Waals surface area (Å²) in [6.07, 6.45) is 0.888. The molecule has 0 radical (unpaired) electrons. The first-order valence-electron chi connectivity index (χ1n) is 9.37. The van der Waals surface area contributed by atoms with Crippen LogP contribution in [-0.2, 0) is 11.2 Å². The molecule has 1 fully saturated rings. The number of amides is 2. The van der Waals surface area contributed by atoms with E-state index in [1.54, 1.807) is 11.0 Å². The van der Waals surface area contributed by atoms with Gasteiger partial charge in [0.05, 0.1) is 18.1 Å². The van der Waals surface area contributed by atoms with Crippen LogP contribution in [0.5, 0.6) is 0 Å². The number of aryl methyl sites for hydroxylation is 2. The molecule has 2 amide bonds. The van der Waals surface area contributed by atoms with Gasteiger partial charge in [0.25, 0.3) is 11.8 Å². The van der Waals surface area contributed by atoms with Crippen LogP contribution in [0.25, 0.3) is 11.0 Å². The summed E-state index contributed by atoms with van der Waals surface area (Å²) in [7, 11) is 0. The topological polar surface area (TPSA) is 71.8 Å². The molecule has 146 valence electrons. The van der Waals surface area contributed by atoms with Crippen LogP contribution in [0.15, 0.2) is 34.7 Å². The van der Waals surface area contributed by atoms with Crippen molar-refractivity contribution in [3.8, 4) is 0 Å². The van der Waals surface area contributed by atoms with Gasteiger partial charge >= 0.3 is 0 Å². The van der Waals surface area contributed by atoms with Crippen LogP contribution in [0.4, 0.5) is 5.69 Å². The average molecular weight is 398 g/mol. The first kappa shape index (κ1) is 18.7. The van der Waals surface area contributed by atoms with Crippen molar-refractivity contribution in [1.82, 2.24) is 4.90 Å². The Morgan fingerprint density at radius 2 is 1.96 bits per heavy atom. The van der Waals surface area contributed by atoms with Crippen LogP contribution >= 0.6 is 11.3 Å². The van der Waals surface area contributed by atoms with Gasteiger partial charge in [0.2, 0.25) is 5.76 Å². The molecule has 0 spiro atoms. The van der Waals surface area contributed by atoms with E-state index in [2.05, 4.69) is 12.2 Å². The molecule has 1 aliphatic rings. The fourth-order valence-electron chi connectivity index (χ4n) is 3.39. The summed E-state index contributed by atoms with van der Waals surface area (Å²) in [5.41, 5.74) is 2.12. The second kappa shape index (κ2) is 7.77. The van der Waals surface area contributed by atoms with E-state index in [0.29, 0.717) is 42.5 Å². The third-order valence-electron chi connectivity index (χ3n) is 4.89. The predicted octanol–water partition coefficient (Wildman–Crippen LogP) is 4.09. The van der Waals surface area contributed by atoms with E-state index >= 15 is 0 Å². The number of hydrogen-bond acceptors (Lipinski definition) is 5. The molecular weight excluding hydrogens is 376 g/mol. The Balaban J connectivity index is 1.70. The zero-order valence-electron chi connectivity index (χ0n) is 15.9. The van der Waals surface area contributed by atoms with E-state index in [9.17, 15) is 9.59 Å². The molecule has 7 heteroatoms. The number of rotatable bonds is 4. The Bertz CT molecular complexity index is 1030. The third kappa shape index (κ3) is 3.43. The number of nitrogens with one attached hydrogen (secondary N) is 1. The standard InChI is InChI=1S/C21H22N2O4S/c1-3-16-13(2)12-17(28-16)20(24)22-18-14-6-4-5-7-15(14)27-19(18)21(25)23-8-10-26-11-9-23/h4-7,12H,3,8-11H2,1-2H3,(H,22,24). The van der Waals surface area contributed by atoms with Crippen LogP contribution in [0.1, 0.15) is 37.6 Å². The van der Waals surface area contributed by atoms with Gasteiger partial charge in [-0.15, -0.1) is 11.3 Å². The van der Waals surface area contributed by atoms with Crippen molar-refractivity contribution in [3.63, 3.8) is 0 Å². The SMILES string of the molecule is CCc1sc(C(=O)Nc2c(C(=O)N3CCOCC3)oc3ccccc23)cc1C. The molecule has 2 aromatic heterocycles. The molecule has 1 aromatic carbocycles. The molecule has 0 saturated carbocycles. The monoisotopic (exact) mass is 398 g/mol. The Kier molecular flexibility index (Phi) is 5.19. The minimum Gasteiger partial charge on any atom is -0.449 e. The molecule has 28 heavy (non-hydrogen) atoms. The van der Waals surface area contributed by atoms with Crippen molar-refractivity contribution >= 4 is 39.8 Å². The van der Waals surface area contributed by atoms with Gasteiger partial charge in [-0.25, -0.2) is 0 Å². The number of anilines is 1. The van der Waals surface area contributed by atoms with Crippen molar-refractivity contribution in [2.45, 2.75) is 20.3 Å². The fourth-order valence-corrected chi connectivity index (χ4v) is 4.40. The van der Waals surface area contributed by atoms with Crippen LogP contribution in [-0.4, -0.2) is 43.0 Å². The summed E-state index contributed by atoms with van der Waals surface area (Å²) in [6.45, 7) is 6.10. The number of nitrogens with zero attached hydrogens (tertiary/aromatic N) is 1. The van der Waals surface area contributed by atoms with Crippen LogP contribution in [0, 0.1) is 6.92 Å². The molecule has 3 aromatic rings. The van der Waals surface area contributed by atoms with Crippen molar-refractivity contribution in [3.05, 3.63) is 51.4 Å². The highest BCUT2D eigenvalue weighted by molar-refractivity contribution is 7.14. The molecule has 1 saturated heterocycles. The number of carbonyl (C=O) groups excluding carboxylic acids is 2. The zero-order valence-corrected chi connectivity index (χ0v) is 16.7. The highest BCUT2D eigenvalue weighted by Gasteiger charge is 2.28. The molecule has 4 rings (SSSR count). The highest BCUT2D eigenvalue weighted by Crippen LogP contribution is 2.33. The lowest BCUT2D eigenvalue weighted by Gasteiger charge is -2.26. The minimum absolute atomic E-state index is 0.167. The van der Waals surface area contributed by atoms with Crippen molar-refractivity contribution in [1.29, 1.82) is 0 Å². The van der Waals surface area contributed by atoms with Gasteiger partial charge in [-0.05, 0) is 37.1 Å². The molecule has 0 atom stereocenters. The first-order chi connectivity index (χ1) is 13.6. The van der Waals surface area contributed by atoms with E-state index in [1.165, 1.54) is 16.2 Å². The number of morpholine rings is 1. The predicted molar refractivity (Wildman–Crippen MR) is 109 cm³/mol. The quantitative estimate of drug-likeness (QED) is 0.719. The van der Waals surface area contributed by atoms with Crippen LogP contribution in [0.3, 0.4) is 0 Å². The minimum atomic E-state index is -0.230. The molecule has 0 bridgehead atoms. The maximum Gasteiger partial charge on any atom is 0.291 e. The lowest BCUT2D eigenvalue weighted by molar-refractivity contribution is 0.0285. The smallest absolute Gasteiger partial charge is 0.291 e. The van der Waals surface area contributed by atoms with Gasteiger partial charge in [0, 0.05) is 23.4 Å². The van der Waals surface area contributed by atoms with Gasteiger partial charge in [-0.1, -0.05) is 19.1 Å². The molecule has 0 unspecified atom stereocenters. The number of fused-ring (bicyclic) bond motifs is 1. The summed E-state index contributed by atoms with van der Waals surface area (Å²) in [5.74, 6) is -0.290. The maximum absolute atomic E-state index is 13.0. The number of furan rings is 1. The average Bonchev–Trinajstić information content (AvgIpc) is 3.28. The summed E-state index contributed by atoms with van der Waals surface area (Å²) in [6, 6.07) is 9.25. The van der Waals surface area contributed by atoms with Crippen LogP contribution < -0.4 is 5.32 Å². The van der Waals surface area contributed by atoms with Gasteiger partial charge < -0.3 is 19.4 Å². The molecule has 1 N–H and O–H groups in total. The first-order valence-corrected chi connectivity index (χ1v) is 10.2. The van der Waals surface area contributed by atoms with Gasteiger partial charge in [-0.3, -0.25) is 9.59 Å². The normalized spacial score (nSPS) is 14.4. The Morgan fingerprint density at radius 1 is 1.21 bits per heavy atom. The second-order valence-electron chi connectivity index (χ2n) is 6.73. The molecule has 6 nitrogen and oxygen atoms in total. The highest BCUT2D eigenvalue weighted by atomic mass is 32.1. The van der Waals surface area contributed by atoms with Gasteiger partial charge in [0.1, 0.15) is 11.3 Å². The number of ether oxygens (including phenoxy) is 1. The van der Waals surface area contributed by atoms with Crippen molar-refractivity contribution in [2.75, 3.05) is 31.6 Å². The Morgan fingerprint density at radius 3 is 2.68 bits per heavy atom. The number of carbonyl (C=O) groups is 2. The number of para-hydroxylation sites is 1. The lowest BCUT2D eigenvalue weighted by atomic mass is 10.2. The molecule has 1 aliphatic heterocycles. The Hall–Kier alpha value is -2.64. The third-order valence-corrected chi connectivity index (χ3v) is 6.27. The van der Waals surface area contributed by atoms with Crippen molar-refractivity contribution < 1.29 is 18.7 Å². The maximum atomic E-state index is 13.0. The van der Waals surface area contributed by atoms with E-state index in [-0.39, 0.29) is 17.6 Å². The summed E-state index contributed by atoms with van der Waals surface area (Å²) >= 11 is 1.48. The Labute approximate surface area is 167 Å². The number of hydrogen-bond donors (Lipinski definition) is 1.